The molecule has 0 spiro atoms. The first-order chi connectivity index (χ1) is 10.0. The first-order valence-corrected chi connectivity index (χ1v) is 7.63. The number of carbonyl (C=O) groups excluding carboxylic acids is 2. The summed E-state index contributed by atoms with van der Waals surface area (Å²) in [6.07, 6.45) is 1.90. The summed E-state index contributed by atoms with van der Waals surface area (Å²) < 4.78 is 5.39. The molecule has 2 aliphatic carbocycles. The molecule has 3 aliphatic rings. The van der Waals surface area contributed by atoms with Crippen LogP contribution < -0.4 is 5.32 Å². The molecule has 1 N–H and O–H groups in total. The van der Waals surface area contributed by atoms with Gasteiger partial charge in [0.1, 0.15) is 6.10 Å². The fraction of sp³-hybridized carbons (Fsp3) is 0.529. The highest BCUT2D eigenvalue weighted by atomic mass is 16.6. The average Bonchev–Trinajstić information content (AvgIpc) is 3.03. The van der Waals surface area contributed by atoms with E-state index in [1.54, 1.807) is 0 Å². The maximum absolute atomic E-state index is 12.7. The van der Waals surface area contributed by atoms with E-state index in [2.05, 4.69) is 5.32 Å². The third-order valence-electron chi connectivity index (χ3n) is 5.44. The number of rotatable bonds is 2. The number of esters is 1. The van der Waals surface area contributed by atoms with Gasteiger partial charge in [0.15, 0.2) is 0 Å². The molecule has 21 heavy (non-hydrogen) atoms. The summed E-state index contributed by atoms with van der Waals surface area (Å²) in [5.74, 6) is -0.0111. The van der Waals surface area contributed by atoms with Gasteiger partial charge in [-0.2, -0.15) is 0 Å². The van der Waals surface area contributed by atoms with Crippen molar-refractivity contribution in [1.82, 2.24) is 0 Å². The minimum absolute atomic E-state index is 0.0153. The molecule has 0 aromatic heterocycles. The molecule has 1 amide bonds. The Hall–Kier alpha value is -1.84. The molecule has 4 rings (SSSR count). The fourth-order valence-corrected chi connectivity index (χ4v) is 4.45. The lowest BCUT2D eigenvalue weighted by Crippen LogP contribution is -2.36. The summed E-state index contributed by atoms with van der Waals surface area (Å²) in [7, 11) is 0. The number of fused-ring (bicyclic) bond motifs is 1. The van der Waals surface area contributed by atoms with Crippen molar-refractivity contribution in [2.45, 2.75) is 32.8 Å². The van der Waals surface area contributed by atoms with Crippen LogP contribution in [0.25, 0.3) is 0 Å². The second-order valence-corrected chi connectivity index (χ2v) is 6.73. The van der Waals surface area contributed by atoms with E-state index >= 15 is 0 Å². The largest absolute Gasteiger partial charge is 0.462 e. The van der Waals surface area contributed by atoms with Gasteiger partial charge in [0.2, 0.25) is 5.91 Å². The minimum Gasteiger partial charge on any atom is -0.462 e. The number of carbonyl (C=O) groups is 2. The van der Waals surface area contributed by atoms with Crippen LogP contribution in [0, 0.1) is 37.5 Å². The van der Waals surface area contributed by atoms with Crippen LogP contribution in [0.2, 0.25) is 0 Å². The van der Waals surface area contributed by atoms with E-state index in [-0.39, 0.29) is 35.7 Å². The van der Waals surface area contributed by atoms with Gasteiger partial charge in [0.05, 0.1) is 11.8 Å². The second-order valence-electron chi connectivity index (χ2n) is 6.73. The Bertz CT molecular complexity index is 637. The number of hydrogen-bond donors (Lipinski definition) is 1. The lowest BCUT2D eigenvalue weighted by molar-refractivity contribution is -0.145. The van der Waals surface area contributed by atoms with E-state index in [9.17, 15) is 9.59 Å². The monoisotopic (exact) mass is 285 g/mol. The van der Waals surface area contributed by atoms with Gasteiger partial charge in [-0.3, -0.25) is 9.59 Å². The van der Waals surface area contributed by atoms with Crippen molar-refractivity contribution in [3.63, 3.8) is 0 Å². The smallest absolute Gasteiger partial charge is 0.310 e. The van der Waals surface area contributed by atoms with Crippen molar-refractivity contribution in [2.75, 3.05) is 5.32 Å². The Morgan fingerprint density at radius 1 is 1.29 bits per heavy atom. The number of anilines is 1. The van der Waals surface area contributed by atoms with E-state index in [1.807, 2.05) is 32.0 Å². The molecule has 1 aliphatic heterocycles. The SMILES string of the molecule is Cc1ccc(C)c(NC(=O)[C@@H]2[C@@H]3C[C@@H]4[C@H]2C(=O)O[C@H]4C3)c1. The van der Waals surface area contributed by atoms with Crippen LogP contribution in [0.15, 0.2) is 18.2 Å². The predicted octanol–water partition coefficient (Wildman–Crippen LogP) is 2.44. The number of aryl methyl sites for hydroxylation is 2. The molecule has 3 fully saturated rings. The first-order valence-electron chi connectivity index (χ1n) is 7.63. The van der Waals surface area contributed by atoms with Crippen molar-refractivity contribution in [2.24, 2.45) is 23.7 Å². The minimum atomic E-state index is -0.209. The summed E-state index contributed by atoms with van der Waals surface area (Å²) in [6.45, 7) is 3.99. The van der Waals surface area contributed by atoms with Crippen molar-refractivity contribution in [3.8, 4) is 0 Å². The Morgan fingerprint density at radius 3 is 2.90 bits per heavy atom. The van der Waals surface area contributed by atoms with Gasteiger partial charge in [-0.05, 0) is 49.8 Å². The Balaban J connectivity index is 1.58. The van der Waals surface area contributed by atoms with Crippen molar-refractivity contribution < 1.29 is 14.3 Å². The van der Waals surface area contributed by atoms with Crippen molar-refractivity contribution in [3.05, 3.63) is 29.3 Å². The zero-order valence-electron chi connectivity index (χ0n) is 12.3. The molecule has 1 aromatic carbocycles. The van der Waals surface area contributed by atoms with Gasteiger partial charge >= 0.3 is 5.97 Å². The molecule has 1 heterocycles. The van der Waals surface area contributed by atoms with Crippen molar-refractivity contribution in [1.29, 1.82) is 0 Å². The maximum Gasteiger partial charge on any atom is 0.310 e. The highest BCUT2D eigenvalue weighted by Gasteiger charge is 2.63. The van der Waals surface area contributed by atoms with Crippen LogP contribution in [0.4, 0.5) is 5.69 Å². The highest BCUT2D eigenvalue weighted by Crippen LogP contribution is 2.57. The molecule has 2 bridgehead atoms. The first kappa shape index (κ1) is 12.9. The van der Waals surface area contributed by atoms with Gasteiger partial charge < -0.3 is 10.1 Å². The summed E-state index contributed by atoms with van der Waals surface area (Å²) in [6, 6.07) is 6.02. The van der Waals surface area contributed by atoms with Gasteiger partial charge in [0.25, 0.3) is 0 Å². The van der Waals surface area contributed by atoms with Crippen LogP contribution in [0.5, 0.6) is 0 Å². The van der Waals surface area contributed by atoms with Crippen LogP contribution >= 0.6 is 0 Å². The van der Waals surface area contributed by atoms with E-state index < -0.39 is 0 Å². The van der Waals surface area contributed by atoms with Crippen molar-refractivity contribution >= 4 is 17.6 Å². The second kappa shape index (κ2) is 4.33. The zero-order chi connectivity index (χ0) is 14.7. The van der Waals surface area contributed by atoms with Gasteiger partial charge in [0, 0.05) is 11.6 Å². The van der Waals surface area contributed by atoms with E-state index in [1.165, 1.54) is 0 Å². The molecular weight excluding hydrogens is 266 g/mol. The molecule has 110 valence electrons. The standard InChI is InChI=1S/C17H19NO3/c1-8-3-4-9(2)12(5-8)18-16(19)14-10-6-11-13(7-10)21-17(20)15(11)14/h3-5,10-11,13-15H,6-7H2,1-2H3,(H,18,19)/t10-,11+,13+,14-,15-/m1/s1. The number of hydrogen-bond acceptors (Lipinski definition) is 3. The normalized spacial score (nSPS) is 35.9. The predicted molar refractivity (Wildman–Crippen MR) is 77.6 cm³/mol. The summed E-state index contributed by atoms with van der Waals surface area (Å²) in [5, 5.41) is 3.03. The van der Waals surface area contributed by atoms with Crippen LogP contribution in [0.3, 0.4) is 0 Å². The summed E-state index contributed by atoms with van der Waals surface area (Å²) >= 11 is 0. The van der Waals surface area contributed by atoms with Crippen LogP contribution in [-0.4, -0.2) is 18.0 Å². The van der Waals surface area contributed by atoms with Gasteiger partial charge in [-0.25, -0.2) is 0 Å². The highest BCUT2D eigenvalue weighted by molar-refractivity contribution is 5.97. The van der Waals surface area contributed by atoms with Gasteiger partial charge in [-0.1, -0.05) is 12.1 Å². The lowest BCUT2D eigenvalue weighted by Gasteiger charge is -2.24. The molecular formula is C17H19NO3. The number of benzene rings is 1. The maximum atomic E-state index is 12.7. The quantitative estimate of drug-likeness (QED) is 0.849. The Morgan fingerprint density at radius 2 is 2.10 bits per heavy atom. The van der Waals surface area contributed by atoms with E-state index in [0.717, 1.165) is 29.7 Å². The fourth-order valence-electron chi connectivity index (χ4n) is 4.45. The molecule has 4 heteroatoms. The molecule has 4 nitrogen and oxygen atoms in total. The molecule has 1 aromatic rings. The topological polar surface area (TPSA) is 55.4 Å². The van der Waals surface area contributed by atoms with E-state index in [0.29, 0.717) is 5.92 Å². The molecule has 1 saturated heterocycles. The molecule has 2 saturated carbocycles. The number of amides is 1. The summed E-state index contributed by atoms with van der Waals surface area (Å²) in [5.41, 5.74) is 3.01. The molecule has 0 unspecified atom stereocenters. The van der Waals surface area contributed by atoms with Crippen LogP contribution in [-0.2, 0) is 14.3 Å². The number of ether oxygens (including phenoxy) is 1. The Kier molecular flexibility index (Phi) is 2.65. The third kappa shape index (κ3) is 1.81. The lowest BCUT2D eigenvalue weighted by atomic mass is 9.79. The van der Waals surface area contributed by atoms with Gasteiger partial charge in [-0.15, -0.1) is 0 Å². The molecule has 5 atom stereocenters. The summed E-state index contributed by atoms with van der Waals surface area (Å²) in [4.78, 5) is 24.7. The third-order valence-corrected chi connectivity index (χ3v) is 5.44. The number of nitrogens with one attached hydrogen (secondary N) is 1. The Labute approximate surface area is 123 Å². The van der Waals surface area contributed by atoms with Crippen LogP contribution in [0.1, 0.15) is 24.0 Å². The average molecular weight is 285 g/mol. The molecule has 0 radical (unpaired) electrons. The van der Waals surface area contributed by atoms with E-state index in [4.69, 9.17) is 4.74 Å². The zero-order valence-corrected chi connectivity index (χ0v) is 12.3.